The van der Waals surface area contributed by atoms with E-state index in [1.165, 1.54) is 0 Å². The van der Waals surface area contributed by atoms with E-state index in [1.807, 2.05) is 45.0 Å². The smallest absolute Gasteiger partial charge is 0.322 e. The Hall–Kier alpha value is -1.55. The predicted molar refractivity (Wildman–Crippen MR) is 84.4 cm³/mol. The lowest BCUT2D eigenvalue weighted by Crippen LogP contribution is -2.37. The summed E-state index contributed by atoms with van der Waals surface area (Å²) in [7, 11) is 0. The molecule has 1 aromatic carbocycles. The Kier molecular flexibility index (Phi) is 7.23. The largest absolute Gasteiger partial charge is 0.493 e. The normalized spacial score (nSPS) is 13.8. The van der Waals surface area contributed by atoms with Crippen LogP contribution in [0.2, 0.25) is 0 Å². The number of carbonyl (C=O) groups is 1. The number of rotatable bonds is 8. The Bertz CT molecular complexity index is 428. The zero-order valence-corrected chi connectivity index (χ0v) is 13.7. The Labute approximate surface area is 127 Å². The number of nitrogens with one attached hydrogen (secondary N) is 1. The summed E-state index contributed by atoms with van der Waals surface area (Å²) in [5.74, 6) is 1.16. The highest BCUT2D eigenvalue weighted by Gasteiger charge is 2.17. The highest BCUT2D eigenvalue weighted by atomic mass is 16.5. The van der Waals surface area contributed by atoms with Crippen molar-refractivity contribution in [2.75, 3.05) is 13.2 Å². The van der Waals surface area contributed by atoms with Crippen molar-refractivity contribution in [1.29, 1.82) is 0 Å². The molecule has 0 saturated heterocycles. The molecule has 0 spiro atoms. The Morgan fingerprint density at radius 2 is 1.76 bits per heavy atom. The van der Waals surface area contributed by atoms with Crippen LogP contribution < -0.4 is 10.1 Å². The topological polar surface area (TPSA) is 47.6 Å². The van der Waals surface area contributed by atoms with Gasteiger partial charge in [-0.25, -0.2) is 0 Å². The molecule has 0 amide bonds. The summed E-state index contributed by atoms with van der Waals surface area (Å²) in [5.41, 5.74) is 1.11. The number of carbonyl (C=O) groups excluding carboxylic acids is 1. The zero-order valence-electron chi connectivity index (χ0n) is 13.7. The maximum atomic E-state index is 11.6. The Morgan fingerprint density at radius 1 is 1.14 bits per heavy atom. The van der Waals surface area contributed by atoms with Crippen molar-refractivity contribution < 1.29 is 14.3 Å². The zero-order chi connectivity index (χ0) is 15.8. The van der Waals surface area contributed by atoms with E-state index in [9.17, 15) is 4.79 Å². The number of ether oxygens (including phenoxy) is 2. The molecule has 21 heavy (non-hydrogen) atoms. The Balaban J connectivity index is 2.54. The molecule has 4 nitrogen and oxygen atoms in total. The minimum atomic E-state index is -0.322. The fourth-order valence-electron chi connectivity index (χ4n) is 1.92. The first-order valence-electron chi connectivity index (χ1n) is 7.59. The van der Waals surface area contributed by atoms with Gasteiger partial charge in [0.25, 0.3) is 0 Å². The molecule has 0 aromatic heterocycles. The molecule has 4 heteroatoms. The fourth-order valence-corrected chi connectivity index (χ4v) is 1.92. The van der Waals surface area contributed by atoms with Crippen molar-refractivity contribution in [1.82, 2.24) is 5.32 Å². The van der Waals surface area contributed by atoms with E-state index in [1.54, 1.807) is 0 Å². The van der Waals surface area contributed by atoms with Crippen LogP contribution in [0.1, 0.15) is 46.2 Å². The average Bonchev–Trinajstić information content (AvgIpc) is 2.45. The van der Waals surface area contributed by atoms with Gasteiger partial charge in [0.15, 0.2) is 0 Å². The number of hydrogen-bond donors (Lipinski definition) is 1. The molecule has 2 unspecified atom stereocenters. The Morgan fingerprint density at radius 3 is 2.29 bits per heavy atom. The van der Waals surface area contributed by atoms with Crippen LogP contribution in [0.3, 0.4) is 0 Å². The molecule has 0 aliphatic heterocycles. The van der Waals surface area contributed by atoms with Crippen molar-refractivity contribution in [2.24, 2.45) is 5.92 Å². The SMILES string of the molecule is CCOC(=O)C(C)NC(C)c1ccc(OCC(C)C)cc1. The van der Waals surface area contributed by atoms with Crippen molar-refractivity contribution in [2.45, 2.75) is 46.7 Å². The lowest BCUT2D eigenvalue weighted by molar-refractivity contribution is -0.145. The fraction of sp³-hybridized carbons (Fsp3) is 0.588. The van der Waals surface area contributed by atoms with E-state index in [0.29, 0.717) is 19.1 Å². The second-order valence-corrected chi connectivity index (χ2v) is 5.64. The van der Waals surface area contributed by atoms with E-state index in [0.717, 1.165) is 11.3 Å². The summed E-state index contributed by atoms with van der Waals surface area (Å²) >= 11 is 0. The number of esters is 1. The van der Waals surface area contributed by atoms with Crippen molar-refractivity contribution in [3.63, 3.8) is 0 Å². The molecular formula is C17H27NO3. The van der Waals surface area contributed by atoms with Crippen LogP contribution >= 0.6 is 0 Å². The first kappa shape index (κ1) is 17.5. The molecule has 1 rings (SSSR count). The van der Waals surface area contributed by atoms with Crippen LogP contribution in [-0.4, -0.2) is 25.2 Å². The van der Waals surface area contributed by atoms with Crippen LogP contribution in [0.15, 0.2) is 24.3 Å². The highest BCUT2D eigenvalue weighted by molar-refractivity contribution is 5.75. The average molecular weight is 293 g/mol. The molecule has 0 aliphatic carbocycles. The molecule has 0 heterocycles. The second-order valence-electron chi connectivity index (χ2n) is 5.64. The molecular weight excluding hydrogens is 266 g/mol. The van der Waals surface area contributed by atoms with Gasteiger partial charge in [-0.3, -0.25) is 10.1 Å². The van der Waals surface area contributed by atoms with Gasteiger partial charge in [0.05, 0.1) is 13.2 Å². The third-order valence-corrected chi connectivity index (χ3v) is 3.10. The summed E-state index contributed by atoms with van der Waals surface area (Å²) in [6.45, 7) is 11.0. The lowest BCUT2D eigenvalue weighted by Gasteiger charge is -2.19. The van der Waals surface area contributed by atoms with Gasteiger partial charge in [0.1, 0.15) is 11.8 Å². The third kappa shape index (κ3) is 6.17. The van der Waals surface area contributed by atoms with Gasteiger partial charge >= 0.3 is 5.97 Å². The first-order valence-corrected chi connectivity index (χ1v) is 7.59. The summed E-state index contributed by atoms with van der Waals surface area (Å²) < 4.78 is 10.7. The van der Waals surface area contributed by atoms with Crippen molar-refractivity contribution in [3.8, 4) is 5.75 Å². The molecule has 1 aromatic rings. The summed E-state index contributed by atoms with van der Waals surface area (Å²) in [6.07, 6.45) is 0. The van der Waals surface area contributed by atoms with Gasteiger partial charge in [-0.15, -0.1) is 0 Å². The predicted octanol–water partition coefficient (Wildman–Crippen LogP) is 3.32. The highest BCUT2D eigenvalue weighted by Crippen LogP contribution is 2.18. The molecule has 1 N–H and O–H groups in total. The van der Waals surface area contributed by atoms with E-state index < -0.39 is 0 Å². The lowest BCUT2D eigenvalue weighted by atomic mass is 10.1. The number of hydrogen-bond acceptors (Lipinski definition) is 4. The number of benzene rings is 1. The third-order valence-electron chi connectivity index (χ3n) is 3.10. The van der Waals surface area contributed by atoms with Crippen LogP contribution in [-0.2, 0) is 9.53 Å². The molecule has 2 atom stereocenters. The van der Waals surface area contributed by atoms with Crippen LogP contribution in [0, 0.1) is 5.92 Å². The van der Waals surface area contributed by atoms with Crippen molar-refractivity contribution >= 4 is 5.97 Å². The minimum Gasteiger partial charge on any atom is -0.493 e. The van der Waals surface area contributed by atoms with Crippen LogP contribution in [0.25, 0.3) is 0 Å². The van der Waals surface area contributed by atoms with Gasteiger partial charge in [-0.05, 0) is 44.4 Å². The standard InChI is InChI=1S/C17H27NO3/c1-6-20-17(19)14(5)18-13(4)15-7-9-16(10-8-15)21-11-12(2)3/h7-10,12-14,18H,6,11H2,1-5H3. The summed E-state index contributed by atoms with van der Waals surface area (Å²) in [5, 5.41) is 3.24. The summed E-state index contributed by atoms with van der Waals surface area (Å²) in [6, 6.07) is 7.71. The van der Waals surface area contributed by atoms with E-state index in [2.05, 4.69) is 19.2 Å². The van der Waals surface area contributed by atoms with E-state index >= 15 is 0 Å². The maximum absolute atomic E-state index is 11.6. The summed E-state index contributed by atoms with van der Waals surface area (Å²) in [4.78, 5) is 11.6. The van der Waals surface area contributed by atoms with Gasteiger partial charge in [0, 0.05) is 6.04 Å². The van der Waals surface area contributed by atoms with Crippen molar-refractivity contribution in [3.05, 3.63) is 29.8 Å². The molecule has 0 saturated carbocycles. The molecule has 0 radical (unpaired) electrons. The van der Waals surface area contributed by atoms with Gasteiger partial charge < -0.3 is 9.47 Å². The van der Waals surface area contributed by atoms with Gasteiger partial charge in [0.2, 0.25) is 0 Å². The van der Waals surface area contributed by atoms with Gasteiger partial charge in [-0.1, -0.05) is 26.0 Å². The molecule has 0 aliphatic rings. The first-order chi connectivity index (χ1) is 9.93. The minimum absolute atomic E-state index is 0.0727. The monoisotopic (exact) mass is 293 g/mol. The molecule has 118 valence electrons. The van der Waals surface area contributed by atoms with Crippen LogP contribution in [0.4, 0.5) is 0 Å². The molecule has 0 fully saturated rings. The molecule has 0 bridgehead atoms. The quantitative estimate of drug-likeness (QED) is 0.747. The maximum Gasteiger partial charge on any atom is 0.322 e. The van der Waals surface area contributed by atoms with Gasteiger partial charge in [-0.2, -0.15) is 0 Å². The second kappa shape index (κ2) is 8.67. The van der Waals surface area contributed by atoms with E-state index in [4.69, 9.17) is 9.47 Å². The van der Waals surface area contributed by atoms with E-state index in [-0.39, 0.29) is 18.1 Å². The van der Waals surface area contributed by atoms with Crippen LogP contribution in [0.5, 0.6) is 5.75 Å².